The summed E-state index contributed by atoms with van der Waals surface area (Å²) in [5.74, 6) is 1.10. The monoisotopic (exact) mass is 520 g/mol. The minimum Gasteiger partial charge on any atom is -0.497 e. The van der Waals surface area contributed by atoms with Gasteiger partial charge in [-0.3, -0.25) is 4.79 Å². The molecule has 0 bridgehead atoms. The lowest BCUT2D eigenvalue weighted by molar-refractivity contribution is -0.115. The van der Waals surface area contributed by atoms with Crippen LogP contribution >= 0.6 is 51.1 Å². The zero-order valence-electron chi connectivity index (χ0n) is 15.5. The maximum atomic E-state index is 12.3. The first-order valence-electron chi connectivity index (χ1n) is 8.66. The van der Waals surface area contributed by atoms with Gasteiger partial charge in [-0.15, -0.1) is 0 Å². The first-order valence-corrected chi connectivity index (χ1v) is 11.5. The van der Waals surface area contributed by atoms with Gasteiger partial charge in [0.1, 0.15) is 11.5 Å². The summed E-state index contributed by atoms with van der Waals surface area (Å²) in [4.78, 5) is 18.3. The number of benzene rings is 2. The number of hydrogen-bond acceptors (Lipinski definition) is 6. The predicted octanol–water partition coefficient (Wildman–Crippen LogP) is 6.75. The van der Waals surface area contributed by atoms with Crippen molar-refractivity contribution in [1.82, 2.24) is 5.32 Å². The Balaban J connectivity index is 1.49. The van der Waals surface area contributed by atoms with Crippen molar-refractivity contribution in [3.05, 3.63) is 74.8 Å². The summed E-state index contributed by atoms with van der Waals surface area (Å²) in [5.41, 5.74) is 0.724. The van der Waals surface area contributed by atoms with Gasteiger partial charge in [0, 0.05) is 16.0 Å². The molecule has 3 aromatic rings. The molecule has 30 heavy (non-hydrogen) atoms. The second-order valence-corrected chi connectivity index (χ2v) is 9.39. The minimum atomic E-state index is -0.216. The van der Waals surface area contributed by atoms with E-state index >= 15 is 0 Å². The molecule has 0 unspecified atom stereocenters. The van der Waals surface area contributed by atoms with Gasteiger partial charge in [0.2, 0.25) is 0 Å². The van der Waals surface area contributed by atoms with E-state index in [0.717, 1.165) is 20.8 Å². The van der Waals surface area contributed by atoms with Gasteiger partial charge < -0.3 is 14.5 Å². The van der Waals surface area contributed by atoms with Gasteiger partial charge in [-0.25, -0.2) is 4.99 Å². The van der Waals surface area contributed by atoms with Gasteiger partial charge in [-0.1, -0.05) is 23.4 Å². The average molecular weight is 522 g/mol. The molecule has 1 fully saturated rings. The average Bonchev–Trinajstić information content (AvgIpc) is 3.25. The van der Waals surface area contributed by atoms with E-state index in [2.05, 4.69) is 26.2 Å². The second kappa shape index (κ2) is 9.34. The van der Waals surface area contributed by atoms with E-state index in [1.807, 2.05) is 54.6 Å². The molecule has 152 valence electrons. The van der Waals surface area contributed by atoms with Crippen molar-refractivity contribution in [3.63, 3.8) is 0 Å². The first kappa shape index (κ1) is 21.1. The number of nitrogens with zero attached hydrogens (tertiary/aromatic N) is 1. The Bertz CT molecular complexity index is 1140. The zero-order chi connectivity index (χ0) is 21.1. The summed E-state index contributed by atoms with van der Waals surface area (Å²) in [7, 11) is 1.61. The van der Waals surface area contributed by atoms with Crippen molar-refractivity contribution in [3.8, 4) is 5.75 Å². The van der Waals surface area contributed by atoms with Crippen LogP contribution in [0.2, 0.25) is 5.02 Å². The number of nitrogens with one attached hydrogen (secondary N) is 1. The van der Waals surface area contributed by atoms with Crippen molar-refractivity contribution < 1.29 is 13.9 Å². The van der Waals surface area contributed by atoms with Gasteiger partial charge in [0.25, 0.3) is 5.91 Å². The number of amidine groups is 1. The van der Waals surface area contributed by atoms with Gasteiger partial charge in [0.05, 0.1) is 22.2 Å². The number of methoxy groups -OCH3 is 1. The molecule has 1 N–H and O–H groups in total. The van der Waals surface area contributed by atoms with Crippen LogP contribution in [0.25, 0.3) is 6.08 Å². The quantitative estimate of drug-likeness (QED) is 0.376. The number of carbonyl (C=O) groups excluding carboxylic acids is 1. The highest BCUT2D eigenvalue weighted by Gasteiger charge is 2.24. The molecule has 4 rings (SSSR count). The number of aliphatic imine (C=N–C) groups is 1. The molecule has 2 aromatic carbocycles. The van der Waals surface area contributed by atoms with E-state index in [9.17, 15) is 4.79 Å². The molecule has 0 aliphatic carbocycles. The van der Waals surface area contributed by atoms with Gasteiger partial charge in [-0.2, -0.15) is 0 Å². The molecule has 0 atom stereocenters. The van der Waals surface area contributed by atoms with Crippen molar-refractivity contribution in [1.29, 1.82) is 0 Å². The van der Waals surface area contributed by atoms with Crippen LogP contribution < -0.4 is 10.1 Å². The lowest BCUT2D eigenvalue weighted by Crippen LogP contribution is -2.19. The second-order valence-electron chi connectivity index (χ2n) is 6.02. The maximum absolute atomic E-state index is 12.3. The number of amides is 1. The number of halogens is 2. The van der Waals surface area contributed by atoms with Crippen LogP contribution in [0.3, 0.4) is 0 Å². The molecule has 1 saturated heterocycles. The summed E-state index contributed by atoms with van der Waals surface area (Å²) in [6.07, 6.45) is 1.70. The molecule has 1 aliphatic rings. The van der Waals surface area contributed by atoms with Crippen LogP contribution in [-0.2, 0) is 4.79 Å². The maximum Gasteiger partial charge on any atom is 0.264 e. The number of hydrogen-bond donors (Lipinski definition) is 1. The van der Waals surface area contributed by atoms with Crippen LogP contribution in [0.4, 0.5) is 5.69 Å². The summed E-state index contributed by atoms with van der Waals surface area (Å²) in [5, 5.41) is 4.66. The third-order valence-corrected chi connectivity index (χ3v) is 6.94. The highest BCUT2D eigenvalue weighted by Crippen LogP contribution is 2.38. The molecule has 0 spiro atoms. The van der Waals surface area contributed by atoms with E-state index in [1.54, 1.807) is 13.2 Å². The van der Waals surface area contributed by atoms with Crippen LogP contribution in [0.5, 0.6) is 5.75 Å². The normalized spacial score (nSPS) is 16.3. The van der Waals surface area contributed by atoms with Crippen LogP contribution in [0.1, 0.15) is 5.76 Å². The van der Waals surface area contributed by atoms with Gasteiger partial charge >= 0.3 is 0 Å². The van der Waals surface area contributed by atoms with E-state index in [0.29, 0.717) is 25.9 Å². The lowest BCUT2D eigenvalue weighted by atomic mass is 10.3. The Kier molecular flexibility index (Phi) is 6.58. The topological polar surface area (TPSA) is 63.8 Å². The molecule has 0 radical (unpaired) electrons. The highest BCUT2D eigenvalue weighted by molar-refractivity contribution is 9.10. The molecular weight excluding hydrogens is 508 g/mol. The van der Waals surface area contributed by atoms with E-state index in [1.165, 1.54) is 23.5 Å². The Morgan fingerprint density at radius 3 is 2.63 bits per heavy atom. The minimum absolute atomic E-state index is 0.216. The number of furan rings is 1. The van der Waals surface area contributed by atoms with Crippen molar-refractivity contribution >= 4 is 73.9 Å². The SMILES string of the molecule is COc1ccc(N=C2NC(=O)/C(=C/c3cc(Br)c(Sc4ccc(Cl)cc4)o3)S2)cc1. The Labute approximate surface area is 195 Å². The highest BCUT2D eigenvalue weighted by atomic mass is 79.9. The molecule has 1 aliphatic heterocycles. The van der Waals surface area contributed by atoms with Crippen molar-refractivity contribution in [2.24, 2.45) is 4.99 Å². The molecule has 0 saturated carbocycles. The molecule has 9 heteroatoms. The van der Waals surface area contributed by atoms with Crippen LogP contribution in [0.15, 0.2) is 83.4 Å². The standard InChI is InChI=1S/C21H14BrClN2O3S2/c1-27-14-6-4-13(5-7-14)24-21-25-19(26)18(30-21)11-15-10-17(22)20(28-15)29-16-8-2-12(23)3-9-16/h2-11H,1H3,(H,24,25,26)/b18-11-. The lowest BCUT2D eigenvalue weighted by Gasteiger charge is -1.99. The first-order chi connectivity index (χ1) is 14.5. The number of thioether (sulfide) groups is 1. The van der Waals surface area contributed by atoms with E-state index < -0.39 is 0 Å². The fourth-order valence-corrected chi connectivity index (χ4v) is 4.78. The number of rotatable bonds is 5. The summed E-state index contributed by atoms with van der Waals surface area (Å²) < 4.78 is 11.8. The Morgan fingerprint density at radius 1 is 1.20 bits per heavy atom. The molecular formula is C21H14BrClN2O3S2. The van der Waals surface area contributed by atoms with E-state index in [-0.39, 0.29) is 5.91 Å². The summed E-state index contributed by atoms with van der Waals surface area (Å²) in [6.45, 7) is 0. The molecule has 1 amide bonds. The third-order valence-electron chi connectivity index (χ3n) is 3.93. The Morgan fingerprint density at radius 2 is 1.93 bits per heavy atom. The molecule has 1 aromatic heterocycles. The van der Waals surface area contributed by atoms with Gasteiger partial charge in [0.15, 0.2) is 10.3 Å². The van der Waals surface area contributed by atoms with Crippen molar-refractivity contribution in [2.45, 2.75) is 9.99 Å². The fraction of sp³-hybridized carbons (Fsp3) is 0.0476. The zero-order valence-corrected chi connectivity index (χ0v) is 19.5. The summed E-state index contributed by atoms with van der Waals surface area (Å²) in [6, 6.07) is 16.6. The van der Waals surface area contributed by atoms with Gasteiger partial charge in [-0.05, 0) is 82.3 Å². The van der Waals surface area contributed by atoms with Crippen LogP contribution in [-0.4, -0.2) is 18.2 Å². The predicted molar refractivity (Wildman–Crippen MR) is 126 cm³/mol. The third kappa shape index (κ3) is 5.13. The largest absolute Gasteiger partial charge is 0.497 e. The fourth-order valence-electron chi connectivity index (χ4n) is 2.50. The molecule has 2 heterocycles. The summed E-state index contributed by atoms with van der Waals surface area (Å²) >= 11 is 12.2. The Hall–Kier alpha value is -2.13. The number of carbonyl (C=O) groups is 1. The molecule has 5 nitrogen and oxygen atoms in total. The number of ether oxygens (including phenoxy) is 1. The van der Waals surface area contributed by atoms with Crippen LogP contribution in [0, 0.1) is 0 Å². The van der Waals surface area contributed by atoms with E-state index in [4.69, 9.17) is 20.8 Å². The smallest absolute Gasteiger partial charge is 0.264 e. The van der Waals surface area contributed by atoms with Crippen molar-refractivity contribution in [2.75, 3.05) is 7.11 Å².